The third-order valence-corrected chi connectivity index (χ3v) is 3.58. The number of halogens is 1. The van der Waals surface area contributed by atoms with E-state index in [4.69, 9.17) is 15.2 Å². The highest BCUT2D eigenvalue weighted by Crippen LogP contribution is 2.34. The molecule has 0 bridgehead atoms. The van der Waals surface area contributed by atoms with E-state index in [9.17, 15) is 0 Å². The maximum atomic E-state index is 6.40. The van der Waals surface area contributed by atoms with Gasteiger partial charge < -0.3 is 15.2 Å². The molecular weight excluding hydrogens is 318 g/mol. The standard InChI is InChI=1S/C16H18BrNO2/c1-3-20-14-7-5-4-6-12(14)16(18)13-9-8-11(17)10-15(13)19-2/h4-10,16H,3,18H2,1-2H3. The van der Waals surface area contributed by atoms with Crippen LogP contribution in [-0.4, -0.2) is 13.7 Å². The molecule has 0 aliphatic heterocycles. The van der Waals surface area contributed by atoms with Crippen molar-refractivity contribution in [3.63, 3.8) is 0 Å². The Labute approximate surface area is 127 Å². The summed E-state index contributed by atoms with van der Waals surface area (Å²) in [6.45, 7) is 2.57. The van der Waals surface area contributed by atoms with Crippen LogP contribution in [0, 0.1) is 0 Å². The van der Waals surface area contributed by atoms with Gasteiger partial charge in [0.05, 0.1) is 19.8 Å². The summed E-state index contributed by atoms with van der Waals surface area (Å²) in [5, 5.41) is 0. The third kappa shape index (κ3) is 3.14. The highest BCUT2D eigenvalue weighted by Gasteiger charge is 2.17. The van der Waals surface area contributed by atoms with Crippen LogP contribution in [0.4, 0.5) is 0 Å². The maximum Gasteiger partial charge on any atom is 0.125 e. The lowest BCUT2D eigenvalue weighted by Crippen LogP contribution is -2.14. The Morgan fingerprint density at radius 3 is 2.50 bits per heavy atom. The third-order valence-electron chi connectivity index (χ3n) is 3.08. The quantitative estimate of drug-likeness (QED) is 0.900. The molecule has 0 heterocycles. The van der Waals surface area contributed by atoms with E-state index in [0.717, 1.165) is 27.1 Å². The van der Waals surface area contributed by atoms with E-state index < -0.39 is 0 Å². The zero-order valence-electron chi connectivity index (χ0n) is 11.6. The monoisotopic (exact) mass is 335 g/mol. The summed E-state index contributed by atoms with van der Waals surface area (Å²) in [6.07, 6.45) is 0. The zero-order valence-corrected chi connectivity index (χ0v) is 13.2. The van der Waals surface area contributed by atoms with Gasteiger partial charge in [-0.15, -0.1) is 0 Å². The minimum Gasteiger partial charge on any atom is -0.496 e. The number of hydrogen-bond donors (Lipinski definition) is 1. The molecule has 3 nitrogen and oxygen atoms in total. The minimum atomic E-state index is -0.291. The Bertz CT molecular complexity index is 586. The van der Waals surface area contributed by atoms with E-state index in [-0.39, 0.29) is 6.04 Å². The Hall–Kier alpha value is -1.52. The molecule has 0 fully saturated rings. The lowest BCUT2D eigenvalue weighted by atomic mass is 9.98. The Morgan fingerprint density at radius 1 is 1.10 bits per heavy atom. The molecule has 0 saturated heterocycles. The van der Waals surface area contributed by atoms with Crippen LogP contribution >= 0.6 is 15.9 Å². The van der Waals surface area contributed by atoms with E-state index in [1.807, 2.05) is 49.4 Å². The second-order valence-corrected chi connectivity index (χ2v) is 5.25. The minimum absolute atomic E-state index is 0.291. The predicted octanol–water partition coefficient (Wildman–Crippen LogP) is 3.90. The average molecular weight is 336 g/mol. The summed E-state index contributed by atoms with van der Waals surface area (Å²) in [5.74, 6) is 1.57. The molecule has 2 N–H and O–H groups in total. The summed E-state index contributed by atoms with van der Waals surface area (Å²) in [6, 6.07) is 13.4. The maximum absolute atomic E-state index is 6.40. The van der Waals surface area contributed by atoms with Gasteiger partial charge in [0, 0.05) is 15.6 Å². The first-order chi connectivity index (χ1) is 9.67. The molecular formula is C16H18BrNO2. The predicted molar refractivity (Wildman–Crippen MR) is 84.3 cm³/mol. The number of benzene rings is 2. The summed E-state index contributed by atoms with van der Waals surface area (Å²) in [4.78, 5) is 0. The molecule has 0 saturated carbocycles. The first kappa shape index (κ1) is 14.9. The molecule has 0 aliphatic rings. The van der Waals surface area contributed by atoms with Crippen LogP contribution in [-0.2, 0) is 0 Å². The number of methoxy groups -OCH3 is 1. The van der Waals surface area contributed by atoms with Crippen molar-refractivity contribution in [3.05, 3.63) is 58.1 Å². The van der Waals surface area contributed by atoms with Crippen molar-refractivity contribution < 1.29 is 9.47 Å². The smallest absolute Gasteiger partial charge is 0.125 e. The lowest BCUT2D eigenvalue weighted by Gasteiger charge is -2.19. The van der Waals surface area contributed by atoms with Gasteiger partial charge in [-0.05, 0) is 25.1 Å². The van der Waals surface area contributed by atoms with Crippen LogP contribution in [0.1, 0.15) is 24.1 Å². The molecule has 1 unspecified atom stereocenters. The number of hydrogen-bond acceptors (Lipinski definition) is 3. The van der Waals surface area contributed by atoms with Gasteiger partial charge in [-0.3, -0.25) is 0 Å². The summed E-state index contributed by atoms with van der Waals surface area (Å²) < 4.78 is 12.0. The molecule has 0 aliphatic carbocycles. The van der Waals surface area contributed by atoms with Crippen LogP contribution in [0.2, 0.25) is 0 Å². The Balaban J connectivity index is 2.43. The van der Waals surface area contributed by atoms with E-state index in [1.54, 1.807) is 7.11 Å². The fourth-order valence-electron chi connectivity index (χ4n) is 2.13. The fourth-order valence-corrected chi connectivity index (χ4v) is 2.47. The van der Waals surface area contributed by atoms with Gasteiger partial charge in [0.1, 0.15) is 11.5 Å². The number of nitrogens with two attached hydrogens (primary N) is 1. The summed E-state index contributed by atoms with van der Waals surface area (Å²) in [7, 11) is 1.65. The number of para-hydroxylation sites is 1. The van der Waals surface area contributed by atoms with Gasteiger partial charge >= 0.3 is 0 Å². The molecule has 1 atom stereocenters. The number of rotatable bonds is 5. The highest BCUT2D eigenvalue weighted by molar-refractivity contribution is 9.10. The van der Waals surface area contributed by atoms with E-state index in [2.05, 4.69) is 15.9 Å². The molecule has 0 amide bonds. The molecule has 4 heteroatoms. The van der Waals surface area contributed by atoms with E-state index >= 15 is 0 Å². The highest BCUT2D eigenvalue weighted by atomic mass is 79.9. The topological polar surface area (TPSA) is 44.5 Å². The van der Waals surface area contributed by atoms with Crippen molar-refractivity contribution in [2.75, 3.05) is 13.7 Å². The molecule has 2 rings (SSSR count). The van der Waals surface area contributed by atoms with Crippen molar-refractivity contribution in [1.29, 1.82) is 0 Å². The van der Waals surface area contributed by atoms with Gasteiger partial charge in [-0.25, -0.2) is 0 Å². The van der Waals surface area contributed by atoms with Crippen molar-refractivity contribution in [2.45, 2.75) is 13.0 Å². The Morgan fingerprint density at radius 2 is 1.80 bits per heavy atom. The largest absolute Gasteiger partial charge is 0.496 e. The average Bonchev–Trinajstić information content (AvgIpc) is 2.47. The SMILES string of the molecule is CCOc1ccccc1C(N)c1ccc(Br)cc1OC. The van der Waals surface area contributed by atoms with E-state index in [0.29, 0.717) is 6.61 Å². The molecule has 106 valence electrons. The summed E-state index contributed by atoms with van der Waals surface area (Å²) >= 11 is 3.44. The second kappa shape index (κ2) is 6.77. The number of ether oxygens (including phenoxy) is 2. The van der Waals surface area contributed by atoms with Crippen LogP contribution in [0.3, 0.4) is 0 Å². The van der Waals surface area contributed by atoms with Crippen LogP contribution in [0.15, 0.2) is 46.9 Å². The summed E-state index contributed by atoms with van der Waals surface area (Å²) in [5.41, 5.74) is 8.29. The lowest BCUT2D eigenvalue weighted by molar-refractivity contribution is 0.335. The molecule has 0 aromatic heterocycles. The molecule has 20 heavy (non-hydrogen) atoms. The van der Waals surface area contributed by atoms with Crippen LogP contribution in [0.5, 0.6) is 11.5 Å². The molecule has 2 aromatic carbocycles. The van der Waals surface area contributed by atoms with Gasteiger partial charge in [0.15, 0.2) is 0 Å². The van der Waals surface area contributed by atoms with Gasteiger partial charge in [-0.2, -0.15) is 0 Å². The van der Waals surface area contributed by atoms with Crippen molar-refractivity contribution in [2.24, 2.45) is 5.73 Å². The second-order valence-electron chi connectivity index (χ2n) is 4.33. The zero-order chi connectivity index (χ0) is 14.5. The molecule has 2 aromatic rings. The van der Waals surface area contributed by atoms with Crippen molar-refractivity contribution in [1.82, 2.24) is 0 Å². The first-order valence-electron chi connectivity index (χ1n) is 6.48. The first-order valence-corrected chi connectivity index (χ1v) is 7.27. The van der Waals surface area contributed by atoms with Crippen LogP contribution < -0.4 is 15.2 Å². The van der Waals surface area contributed by atoms with Crippen LogP contribution in [0.25, 0.3) is 0 Å². The van der Waals surface area contributed by atoms with E-state index in [1.165, 1.54) is 0 Å². The van der Waals surface area contributed by atoms with Crippen molar-refractivity contribution in [3.8, 4) is 11.5 Å². The van der Waals surface area contributed by atoms with Gasteiger partial charge in [0.2, 0.25) is 0 Å². The Kier molecular flexibility index (Phi) is 5.04. The molecule has 0 radical (unpaired) electrons. The normalized spacial score (nSPS) is 12.0. The molecule has 0 spiro atoms. The van der Waals surface area contributed by atoms with Crippen molar-refractivity contribution >= 4 is 15.9 Å². The van der Waals surface area contributed by atoms with Gasteiger partial charge in [0.25, 0.3) is 0 Å². The fraction of sp³-hybridized carbons (Fsp3) is 0.250. The van der Waals surface area contributed by atoms with Gasteiger partial charge in [-0.1, -0.05) is 40.2 Å².